The maximum Gasteiger partial charge on any atom is 0.432 e. The van der Waals surface area contributed by atoms with Crippen molar-refractivity contribution in [1.82, 2.24) is 0 Å². The van der Waals surface area contributed by atoms with E-state index in [2.05, 4.69) is 4.74 Å². The Morgan fingerprint density at radius 3 is 1.85 bits per heavy atom. The second-order valence-corrected chi connectivity index (χ2v) is 10.7. The highest BCUT2D eigenvalue weighted by molar-refractivity contribution is 5.72. The smallest absolute Gasteiger partial charge is 0.429 e. The van der Waals surface area contributed by atoms with Crippen LogP contribution in [0.1, 0.15) is 37.2 Å². The molecular formula is C34H24F10O3. The normalized spacial score (nSPS) is 17.0. The van der Waals surface area contributed by atoms with Gasteiger partial charge in [0.2, 0.25) is 0 Å². The van der Waals surface area contributed by atoms with Crippen molar-refractivity contribution in [2.45, 2.75) is 32.2 Å². The molecule has 0 aromatic heterocycles. The maximum atomic E-state index is 15.0. The van der Waals surface area contributed by atoms with Gasteiger partial charge in [-0.2, -0.15) is 8.78 Å². The summed E-state index contributed by atoms with van der Waals surface area (Å²) in [5, 5.41) is 0. The third-order valence-electron chi connectivity index (χ3n) is 7.38. The van der Waals surface area contributed by atoms with Crippen molar-refractivity contribution >= 4 is 0 Å². The minimum atomic E-state index is -4.65. The van der Waals surface area contributed by atoms with E-state index >= 15 is 8.78 Å². The molecule has 4 aromatic carbocycles. The summed E-state index contributed by atoms with van der Waals surface area (Å²) in [5.41, 5.74) is -4.52. The lowest BCUT2D eigenvalue weighted by molar-refractivity contribution is -0.206. The van der Waals surface area contributed by atoms with Gasteiger partial charge in [0.15, 0.2) is 23.7 Å². The average molecular weight is 671 g/mol. The molecule has 248 valence electrons. The Balaban J connectivity index is 1.33. The van der Waals surface area contributed by atoms with Crippen LogP contribution in [0.5, 0.6) is 5.75 Å². The van der Waals surface area contributed by atoms with Crippen LogP contribution >= 0.6 is 0 Å². The number of hydrogen-bond acceptors (Lipinski definition) is 3. The number of ether oxygens (including phenoxy) is 3. The first kappa shape index (κ1) is 34.0. The molecule has 0 amide bonds. The summed E-state index contributed by atoms with van der Waals surface area (Å²) in [5.74, 6) is -13.6. The molecule has 0 bridgehead atoms. The second kappa shape index (κ2) is 13.8. The fourth-order valence-corrected chi connectivity index (χ4v) is 5.10. The van der Waals surface area contributed by atoms with Crippen LogP contribution < -0.4 is 4.74 Å². The lowest BCUT2D eigenvalue weighted by Crippen LogP contribution is -2.28. The van der Waals surface area contributed by atoms with Crippen LogP contribution in [-0.2, 0) is 15.6 Å². The van der Waals surface area contributed by atoms with Crippen LogP contribution in [0.25, 0.3) is 22.3 Å². The van der Waals surface area contributed by atoms with Crippen molar-refractivity contribution in [3.05, 3.63) is 124 Å². The molecule has 47 heavy (non-hydrogen) atoms. The molecule has 1 aliphatic rings. The predicted octanol–water partition coefficient (Wildman–Crippen LogP) is 10.3. The van der Waals surface area contributed by atoms with Gasteiger partial charge < -0.3 is 14.2 Å². The van der Waals surface area contributed by atoms with E-state index in [0.717, 1.165) is 25.0 Å². The SMILES string of the molecule is C/C=C/CCC1COC(c2cc(F)c(C(F)(F)Oc3ccc(-c4cc(F)c(-c5cc(F)c(F)c(F)c5)c(F)c4)c(F)c3)c(F)c2)OC1. The van der Waals surface area contributed by atoms with Crippen LogP contribution in [0.4, 0.5) is 43.9 Å². The standard InChI is InChI=1S/C34H24F10O3/c1-2-3-4-5-17-15-45-33(46-16-17)20-12-26(38)31(27(39)13-20)34(43,44)47-21-6-7-22(23(35)14-21)18-8-24(36)30(25(37)9-18)19-10-28(40)32(42)29(41)11-19/h2-3,6-14,17,33H,4-5,15-16H2,1H3/b3-2+. The number of rotatable bonds is 9. The maximum absolute atomic E-state index is 15.0. The monoisotopic (exact) mass is 670 g/mol. The average Bonchev–Trinajstić information content (AvgIpc) is 2.99. The van der Waals surface area contributed by atoms with Crippen LogP contribution in [-0.4, -0.2) is 13.2 Å². The molecule has 1 fully saturated rings. The zero-order chi connectivity index (χ0) is 34.0. The van der Waals surface area contributed by atoms with E-state index in [-0.39, 0.29) is 24.7 Å². The Kier molecular flexibility index (Phi) is 9.97. The molecule has 0 aliphatic carbocycles. The highest BCUT2D eigenvalue weighted by Gasteiger charge is 2.42. The Hall–Kier alpha value is -4.36. The van der Waals surface area contributed by atoms with Crippen molar-refractivity contribution in [2.75, 3.05) is 13.2 Å². The number of allylic oxidation sites excluding steroid dienone is 2. The molecule has 3 nitrogen and oxygen atoms in total. The van der Waals surface area contributed by atoms with Gasteiger partial charge in [-0.05, 0) is 79.4 Å². The first-order valence-corrected chi connectivity index (χ1v) is 14.1. The summed E-state index contributed by atoms with van der Waals surface area (Å²) in [6.45, 7) is 2.33. The van der Waals surface area contributed by atoms with E-state index in [1.54, 1.807) is 0 Å². The van der Waals surface area contributed by atoms with Gasteiger partial charge in [-0.1, -0.05) is 12.2 Å². The Labute approximate surface area is 262 Å². The molecule has 0 N–H and O–H groups in total. The predicted molar refractivity (Wildman–Crippen MR) is 150 cm³/mol. The van der Waals surface area contributed by atoms with Gasteiger partial charge in [0, 0.05) is 23.1 Å². The molecule has 0 saturated carbocycles. The van der Waals surface area contributed by atoms with Gasteiger partial charge in [-0.3, -0.25) is 0 Å². The van der Waals surface area contributed by atoms with Crippen LogP contribution in [0.2, 0.25) is 0 Å². The van der Waals surface area contributed by atoms with Crippen molar-refractivity contribution in [2.24, 2.45) is 5.92 Å². The van der Waals surface area contributed by atoms with E-state index in [1.165, 1.54) is 0 Å². The fraction of sp³-hybridized carbons (Fsp3) is 0.235. The Morgan fingerprint density at radius 1 is 0.723 bits per heavy atom. The molecule has 1 saturated heterocycles. The minimum absolute atomic E-state index is 0.0386. The van der Waals surface area contributed by atoms with E-state index in [9.17, 15) is 35.1 Å². The molecule has 5 rings (SSSR count). The third-order valence-corrected chi connectivity index (χ3v) is 7.38. The van der Waals surface area contributed by atoms with Crippen LogP contribution in [0.3, 0.4) is 0 Å². The van der Waals surface area contributed by atoms with Gasteiger partial charge in [0.25, 0.3) is 0 Å². The molecule has 1 heterocycles. The van der Waals surface area contributed by atoms with E-state index in [4.69, 9.17) is 9.47 Å². The number of hydrogen-bond donors (Lipinski definition) is 0. The minimum Gasteiger partial charge on any atom is -0.429 e. The summed E-state index contributed by atoms with van der Waals surface area (Å²) in [7, 11) is 0. The van der Waals surface area contributed by atoms with Crippen molar-refractivity contribution < 1.29 is 58.1 Å². The molecule has 0 radical (unpaired) electrons. The van der Waals surface area contributed by atoms with E-state index in [1.807, 2.05) is 19.1 Å². The molecule has 0 unspecified atom stereocenters. The lowest BCUT2D eigenvalue weighted by atomic mass is 9.98. The van der Waals surface area contributed by atoms with Crippen LogP contribution in [0, 0.1) is 52.5 Å². The van der Waals surface area contributed by atoms with Gasteiger partial charge in [-0.25, -0.2) is 35.1 Å². The molecule has 0 atom stereocenters. The molecule has 13 heteroatoms. The zero-order valence-electron chi connectivity index (χ0n) is 24.3. The van der Waals surface area contributed by atoms with Crippen molar-refractivity contribution in [1.29, 1.82) is 0 Å². The number of alkyl halides is 2. The molecule has 0 spiro atoms. The van der Waals surface area contributed by atoms with Gasteiger partial charge in [-0.15, -0.1) is 0 Å². The fourth-order valence-electron chi connectivity index (χ4n) is 5.10. The summed E-state index contributed by atoms with van der Waals surface area (Å²) in [4.78, 5) is 0. The first-order chi connectivity index (χ1) is 22.3. The summed E-state index contributed by atoms with van der Waals surface area (Å²) in [6, 6.07) is 5.14. The largest absolute Gasteiger partial charge is 0.432 e. The van der Waals surface area contributed by atoms with Crippen molar-refractivity contribution in [3.8, 4) is 28.0 Å². The Morgan fingerprint density at radius 2 is 1.30 bits per heavy atom. The summed E-state index contributed by atoms with van der Waals surface area (Å²) in [6.07, 6.45) is -0.434. The van der Waals surface area contributed by atoms with E-state index in [0.29, 0.717) is 42.5 Å². The molecule has 4 aromatic rings. The van der Waals surface area contributed by atoms with Gasteiger partial charge in [0.05, 0.1) is 18.8 Å². The summed E-state index contributed by atoms with van der Waals surface area (Å²) < 4.78 is 161. The Bertz CT molecular complexity index is 1750. The lowest BCUT2D eigenvalue weighted by Gasteiger charge is -2.30. The number of halogens is 10. The number of benzene rings is 4. The summed E-state index contributed by atoms with van der Waals surface area (Å²) >= 11 is 0. The highest BCUT2D eigenvalue weighted by Crippen LogP contribution is 2.39. The van der Waals surface area contributed by atoms with Gasteiger partial charge >= 0.3 is 6.11 Å². The molecular weight excluding hydrogens is 646 g/mol. The highest BCUT2D eigenvalue weighted by atomic mass is 19.3. The zero-order valence-corrected chi connectivity index (χ0v) is 24.3. The van der Waals surface area contributed by atoms with Gasteiger partial charge in [0.1, 0.15) is 40.4 Å². The topological polar surface area (TPSA) is 27.7 Å². The second-order valence-electron chi connectivity index (χ2n) is 10.7. The molecule has 1 aliphatic heterocycles. The van der Waals surface area contributed by atoms with Crippen molar-refractivity contribution in [3.63, 3.8) is 0 Å². The quantitative estimate of drug-likeness (QED) is 0.101. The third kappa shape index (κ3) is 7.31. The first-order valence-electron chi connectivity index (χ1n) is 14.1. The van der Waals surface area contributed by atoms with E-state index < -0.39 is 92.5 Å². The van der Waals surface area contributed by atoms with Crippen LogP contribution in [0.15, 0.2) is 66.7 Å².